The molecular formula is C10H12F3NO. The summed E-state index contributed by atoms with van der Waals surface area (Å²) < 4.78 is 38.0. The minimum atomic E-state index is -2.66. The normalized spacial score (nSPS) is 11.4. The molecule has 1 rings (SSSR count). The number of nitrogens with zero attached hydrogens (tertiary/aromatic N) is 1. The van der Waals surface area contributed by atoms with Crippen molar-refractivity contribution in [3.8, 4) is 0 Å². The standard InChI is InChI=1S/C10H12F3NO/c1-6(2)7-3-8(11)10(15)14(4-7)5-9(12)13/h3-4,6,9H,5H2,1-2H3. The van der Waals surface area contributed by atoms with Crippen LogP contribution in [0.25, 0.3) is 0 Å². The molecule has 0 bridgehead atoms. The molecule has 0 amide bonds. The van der Waals surface area contributed by atoms with Gasteiger partial charge < -0.3 is 4.57 Å². The fourth-order valence-electron chi connectivity index (χ4n) is 1.22. The van der Waals surface area contributed by atoms with Crippen LogP contribution in [0.15, 0.2) is 17.1 Å². The first kappa shape index (κ1) is 11.8. The van der Waals surface area contributed by atoms with Gasteiger partial charge in [-0.2, -0.15) is 0 Å². The Kier molecular flexibility index (Phi) is 3.55. The molecule has 0 saturated carbocycles. The monoisotopic (exact) mass is 219 g/mol. The largest absolute Gasteiger partial charge is 0.307 e. The van der Waals surface area contributed by atoms with E-state index in [1.165, 1.54) is 6.20 Å². The summed E-state index contributed by atoms with van der Waals surface area (Å²) in [5.74, 6) is -0.995. The lowest BCUT2D eigenvalue weighted by atomic mass is 10.1. The SMILES string of the molecule is CC(C)c1cc(F)c(=O)n(CC(F)F)c1. The fraction of sp³-hybridized carbons (Fsp3) is 0.500. The summed E-state index contributed by atoms with van der Waals surface area (Å²) in [7, 11) is 0. The van der Waals surface area contributed by atoms with Crippen molar-refractivity contribution in [3.63, 3.8) is 0 Å². The predicted octanol–water partition coefficient (Wildman–Crippen LogP) is 2.38. The second-order valence-electron chi connectivity index (χ2n) is 3.62. The number of aromatic nitrogens is 1. The molecule has 0 atom stereocenters. The van der Waals surface area contributed by atoms with Gasteiger partial charge in [0.2, 0.25) is 0 Å². The van der Waals surface area contributed by atoms with Crippen molar-refractivity contribution in [1.82, 2.24) is 4.57 Å². The summed E-state index contributed by atoms with van der Waals surface area (Å²) in [6.45, 7) is 2.83. The topological polar surface area (TPSA) is 22.0 Å². The average molecular weight is 219 g/mol. The Morgan fingerprint density at radius 3 is 2.47 bits per heavy atom. The molecule has 5 heteroatoms. The zero-order valence-electron chi connectivity index (χ0n) is 8.51. The van der Waals surface area contributed by atoms with E-state index in [9.17, 15) is 18.0 Å². The summed E-state index contributed by atoms with van der Waals surface area (Å²) in [5, 5.41) is 0. The van der Waals surface area contributed by atoms with Crippen molar-refractivity contribution < 1.29 is 13.2 Å². The fourth-order valence-corrected chi connectivity index (χ4v) is 1.22. The van der Waals surface area contributed by atoms with Gasteiger partial charge in [-0.25, -0.2) is 13.2 Å². The zero-order chi connectivity index (χ0) is 11.6. The maximum absolute atomic E-state index is 13.1. The lowest BCUT2D eigenvalue weighted by molar-refractivity contribution is 0.124. The Balaban J connectivity index is 3.19. The van der Waals surface area contributed by atoms with Crippen LogP contribution in [0.1, 0.15) is 25.3 Å². The third kappa shape index (κ3) is 2.84. The smallest absolute Gasteiger partial charge is 0.286 e. The second-order valence-corrected chi connectivity index (χ2v) is 3.62. The molecule has 0 unspecified atom stereocenters. The van der Waals surface area contributed by atoms with Crippen LogP contribution in [0.5, 0.6) is 0 Å². The molecule has 0 aliphatic heterocycles. The first-order valence-electron chi connectivity index (χ1n) is 4.60. The third-order valence-electron chi connectivity index (χ3n) is 2.06. The van der Waals surface area contributed by atoms with E-state index in [0.29, 0.717) is 5.56 Å². The van der Waals surface area contributed by atoms with E-state index in [2.05, 4.69) is 0 Å². The molecule has 84 valence electrons. The first-order chi connectivity index (χ1) is 6.91. The van der Waals surface area contributed by atoms with E-state index in [1.54, 1.807) is 13.8 Å². The van der Waals surface area contributed by atoms with Crippen LogP contribution in [0.3, 0.4) is 0 Å². The summed E-state index contributed by atoms with van der Waals surface area (Å²) in [6, 6.07) is 1.09. The van der Waals surface area contributed by atoms with Gasteiger partial charge in [-0.15, -0.1) is 0 Å². The van der Waals surface area contributed by atoms with E-state index in [-0.39, 0.29) is 5.92 Å². The Hall–Kier alpha value is -1.26. The Bertz CT molecular complexity index is 398. The van der Waals surface area contributed by atoms with Crippen LogP contribution in [-0.4, -0.2) is 11.0 Å². The van der Waals surface area contributed by atoms with E-state index in [1.807, 2.05) is 0 Å². The highest BCUT2D eigenvalue weighted by Crippen LogP contribution is 2.13. The van der Waals surface area contributed by atoms with Gasteiger partial charge in [0, 0.05) is 6.20 Å². The van der Waals surface area contributed by atoms with Crippen molar-refractivity contribution in [1.29, 1.82) is 0 Å². The van der Waals surface area contributed by atoms with E-state index in [4.69, 9.17) is 0 Å². The van der Waals surface area contributed by atoms with Crippen LogP contribution in [0.2, 0.25) is 0 Å². The van der Waals surface area contributed by atoms with E-state index in [0.717, 1.165) is 10.6 Å². The molecule has 15 heavy (non-hydrogen) atoms. The molecule has 0 radical (unpaired) electrons. The highest BCUT2D eigenvalue weighted by atomic mass is 19.3. The molecule has 0 aliphatic carbocycles. The highest BCUT2D eigenvalue weighted by Gasteiger charge is 2.11. The van der Waals surface area contributed by atoms with Crippen LogP contribution in [0.4, 0.5) is 13.2 Å². The summed E-state index contributed by atoms with van der Waals surface area (Å²) >= 11 is 0. The van der Waals surface area contributed by atoms with Crippen LogP contribution < -0.4 is 5.56 Å². The molecule has 0 aromatic carbocycles. The number of rotatable bonds is 3. The predicted molar refractivity (Wildman–Crippen MR) is 50.8 cm³/mol. The quantitative estimate of drug-likeness (QED) is 0.765. The molecule has 0 N–H and O–H groups in total. The minimum Gasteiger partial charge on any atom is -0.307 e. The molecular weight excluding hydrogens is 207 g/mol. The van der Waals surface area contributed by atoms with Crippen molar-refractivity contribution in [2.75, 3.05) is 0 Å². The maximum atomic E-state index is 13.1. The van der Waals surface area contributed by atoms with Crippen molar-refractivity contribution in [2.45, 2.75) is 32.7 Å². The summed E-state index contributed by atoms with van der Waals surface area (Å²) in [6.07, 6.45) is -1.38. The van der Waals surface area contributed by atoms with Gasteiger partial charge in [0.05, 0.1) is 6.54 Å². The van der Waals surface area contributed by atoms with Crippen molar-refractivity contribution in [2.24, 2.45) is 0 Å². The Morgan fingerprint density at radius 2 is 2.00 bits per heavy atom. The van der Waals surface area contributed by atoms with Crippen molar-refractivity contribution in [3.05, 3.63) is 34.0 Å². The molecule has 1 aromatic rings. The second kappa shape index (κ2) is 4.51. The lowest BCUT2D eigenvalue weighted by Crippen LogP contribution is -2.26. The maximum Gasteiger partial charge on any atom is 0.286 e. The van der Waals surface area contributed by atoms with Gasteiger partial charge in [-0.1, -0.05) is 13.8 Å². The average Bonchev–Trinajstić information content (AvgIpc) is 2.11. The van der Waals surface area contributed by atoms with Gasteiger partial charge in [0.1, 0.15) is 0 Å². The van der Waals surface area contributed by atoms with E-state index < -0.39 is 24.3 Å². The Labute approximate surface area is 85.3 Å². The minimum absolute atomic E-state index is 0.0102. The number of hydrogen-bond donors (Lipinski definition) is 0. The number of halogens is 3. The molecule has 0 saturated heterocycles. The lowest BCUT2D eigenvalue weighted by Gasteiger charge is -2.10. The molecule has 0 spiro atoms. The van der Waals surface area contributed by atoms with Crippen LogP contribution in [-0.2, 0) is 6.54 Å². The van der Waals surface area contributed by atoms with E-state index >= 15 is 0 Å². The summed E-state index contributed by atoms with van der Waals surface area (Å²) in [5.41, 5.74) is -0.465. The number of alkyl halides is 2. The molecule has 1 aromatic heterocycles. The molecule has 0 aliphatic rings. The van der Waals surface area contributed by atoms with Gasteiger partial charge in [0.25, 0.3) is 12.0 Å². The summed E-state index contributed by atoms with van der Waals surface area (Å²) in [4.78, 5) is 11.1. The van der Waals surface area contributed by atoms with Gasteiger partial charge >= 0.3 is 0 Å². The van der Waals surface area contributed by atoms with Gasteiger partial charge in [-0.3, -0.25) is 4.79 Å². The molecule has 2 nitrogen and oxygen atoms in total. The van der Waals surface area contributed by atoms with Crippen LogP contribution >= 0.6 is 0 Å². The third-order valence-corrected chi connectivity index (χ3v) is 2.06. The first-order valence-corrected chi connectivity index (χ1v) is 4.60. The van der Waals surface area contributed by atoms with Crippen LogP contribution in [0, 0.1) is 5.82 Å². The number of pyridine rings is 1. The van der Waals surface area contributed by atoms with Gasteiger partial charge in [0.15, 0.2) is 5.82 Å². The zero-order valence-corrected chi connectivity index (χ0v) is 8.51. The molecule has 0 fully saturated rings. The van der Waals surface area contributed by atoms with Crippen molar-refractivity contribution >= 4 is 0 Å². The molecule has 1 heterocycles. The van der Waals surface area contributed by atoms with Gasteiger partial charge in [-0.05, 0) is 17.5 Å². The highest BCUT2D eigenvalue weighted by molar-refractivity contribution is 5.15. The number of hydrogen-bond acceptors (Lipinski definition) is 1. The Morgan fingerprint density at radius 1 is 1.40 bits per heavy atom.